The topological polar surface area (TPSA) is 45.4 Å². The molecular formula is C19H19NO2. The first kappa shape index (κ1) is 14.6. The molecule has 1 aromatic heterocycles. The molecule has 0 fully saturated rings. The van der Waals surface area contributed by atoms with Gasteiger partial charge in [0.05, 0.1) is 12.6 Å². The molecule has 3 heteroatoms. The van der Waals surface area contributed by atoms with Gasteiger partial charge >= 0.3 is 0 Å². The van der Waals surface area contributed by atoms with Gasteiger partial charge in [-0.15, -0.1) is 0 Å². The average molecular weight is 293 g/mol. The van der Waals surface area contributed by atoms with E-state index in [0.29, 0.717) is 13.1 Å². The van der Waals surface area contributed by atoms with Crippen molar-refractivity contribution in [1.29, 1.82) is 0 Å². The van der Waals surface area contributed by atoms with E-state index in [0.717, 1.165) is 22.6 Å². The molecule has 0 aliphatic heterocycles. The molecule has 112 valence electrons. The van der Waals surface area contributed by atoms with Crippen molar-refractivity contribution in [1.82, 2.24) is 5.32 Å². The highest BCUT2D eigenvalue weighted by Gasteiger charge is 2.08. The standard InChI is InChI=1S/C19H19NO2/c21-18(15-7-3-1-4-8-15)14-20-13-17-11-12-19(22-17)16-9-5-2-6-10-16/h1-12,18,20-21H,13-14H2/t18-/m1/s1. The maximum Gasteiger partial charge on any atom is 0.134 e. The quantitative estimate of drug-likeness (QED) is 0.727. The summed E-state index contributed by atoms with van der Waals surface area (Å²) < 4.78 is 5.81. The molecule has 1 heterocycles. The van der Waals surface area contributed by atoms with Gasteiger partial charge in [0.2, 0.25) is 0 Å². The van der Waals surface area contributed by atoms with Gasteiger partial charge in [-0.2, -0.15) is 0 Å². The van der Waals surface area contributed by atoms with E-state index < -0.39 is 6.10 Å². The molecule has 0 bridgehead atoms. The van der Waals surface area contributed by atoms with Gasteiger partial charge in [0.25, 0.3) is 0 Å². The van der Waals surface area contributed by atoms with Gasteiger partial charge in [0, 0.05) is 12.1 Å². The molecule has 0 aliphatic carbocycles. The molecule has 2 aromatic carbocycles. The zero-order valence-electron chi connectivity index (χ0n) is 12.3. The van der Waals surface area contributed by atoms with E-state index in [1.54, 1.807) is 0 Å². The van der Waals surface area contributed by atoms with Crippen LogP contribution in [-0.2, 0) is 6.54 Å². The number of hydrogen-bond donors (Lipinski definition) is 2. The van der Waals surface area contributed by atoms with Crippen molar-refractivity contribution in [3.8, 4) is 11.3 Å². The largest absolute Gasteiger partial charge is 0.460 e. The van der Waals surface area contributed by atoms with Crippen LogP contribution in [0.5, 0.6) is 0 Å². The highest BCUT2D eigenvalue weighted by Crippen LogP contribution is 2.21. The zero-order valence-corrected chi connectivity index (χ0v) is 12.3. The van der Waals surface area contributed by atoms with Crippen LogP contribution in [-0.4, -0.2) is 11.7 Å². The minimum absolute atomic E-state index is 0.491. The van der Waals surface area contributed by atoms with E-state index in [4.69, 9.17) is 4.42 Å². The normalized spacial score (nSPS) is 12.2. The third kappa shape index (κ3) is 3.64. The van der Waals surface area contributed by atoms with Crippen LogP contribution in [0.15, 0.2) is 77.2 Å². The highest BCUT2D eigenvalue weighted by atomic mass is 16.3. The first-order chi connectivity index (χ1) is 10.8. The molecule has 0 saturated heterocycles. The van der Waals surface area contributed by atoms with E-state index in [-0.39, 0.29) is 0 Å². The molecule has 0 unspecified atom stereocenters. The van der Waals surface area contributed by atoms with Gasteiger partial charge in [0.15, 0.2) is 0 Å². The van der Waals surface area contributed by atoms with Gasteiger partial charge < -0.3 is 14.8 Å². The van der Waals surface area contributed by atoms with Crippen molar-refractivity contribution in [2.45, 2.75) is 12.6 Å². The lowest BCUT2D eigenvalue weighted by Gasteiger charge is -2.11. The molecule has 0 radical (unpaired) electrons. The fourth-order valence-electron chi connectivity index (χ4n) is 2.36. The lowest BCUT2D eigenvalue weighted by atomic mass is 10.1. The van der Waals surface area contributed by atoms with E-state index in [9.17, 15) is 5.11 Å². The van der Waals surface area contributed by atoms with Crippen molar-refractivity contribution in [3.05, 3.63) is 84.1 Å². The second-order valence-corrected chi connectivity index (χ2v) is 5.19. The number of rotatable bonds is 6. The van der Waals surface area contributed by atoms with Crippen LogP contribution in [0.25, 0.3) is 11.3 Å². The van der Waals surface area contributed by atoms with Crippen LogP contribution in [0, 0.1) is 0 Å². The van der Waals surface area contributed by atoms with Crippen LogP contribution >= 0.6 is 0 Å². The maximum absolute atomic E-state index is 10.1. The summed E-state index contributed by atoms with van der Waals surface area (Å²) >= 11 is 0. The van der Waals surface area contributed by atoms with Gasteiger partial charge in [-0.3, -0.25) is 0 Å². The summed E-state index contributed by atoms with van der Waals surface area (Å²) in [5, 5.41) is 13.3. The molecule has 1 atom stereocenters. The Morgan fingerprint density at radius 1 is 0.864 bits per heavy atom. The molecule has 2 N–H and O–H groups in total. The second-order valence-electron chi connectivity index (χ2n) is 5.19. The summed E-state index contributed by atoms with van der Waals surface area (Å²) in [4.78, 5) is 0. The number of furan rings is 1. The summed E-state index contributed by atoms with van der Waals surface area (Å²) in [7, 11) is 0. The maximum atomic E-state index is 10.1. The lowest BCUT2D eigenvalue weighted by molar-refractivity contribution is 0.173. The third-order valence-corrected chi connectivity index (χ3v) is 3.54. The molecular weight excluding hydrogens is 274 g/mol. The van der Waals surface area contributed by atoms with Crippen molar-refractivity contribution in [2.24, 2.45) is 0 Å². The molecule has 3 nitrogen and oxygen atoms in total. The smallest absolute Gasteiger partial charge is 0.134 e. The lowest BCUT2D eigenvalue weighted by Crippen LogP contribution is -2.20. The fraction of sp³-hybridized carbons (Fsp3) is 0.158. The SMILES string of the molecule is O[C@H](CNCc1ccc(-c2ccccc2)o1)c1ccccc1. The number of aliphatic hydroxyl groups excluding tert-OH is 1. The molecule has 0 amide bonds. The second kappa shape index (κ2) is 7.07. The average Bonchev–Trinajstić information content (AvgIpc) is 3.05. The monoisotopic (exact) mass is 293 g/mol. The Morgan fingerprint density at radius 3 is 2.27 bits per heavy atom. The van der Waals surface area contributed by atoms with E-state index in [1.807, 2.05) is 72.8 Å². The third-order valence-electron chi connectivity index (χ3n) is 3.54. The Hall–Kier alpha value is -2.36. The first-order valence-corrected chi connectivity index (χ1v) is 7.41. The van der Waals surface area contributed by atoms with Gasteiger partial charge in [-0.1, -0.05) is 60.7 Å². The van der Waals surface area contributed by atoms with Crippen LogP contribution in [0.4, 0.5) is 0 Å². The Bertz CT molecular complexity index is 692. The minimum Gasteiger partial charge on any atom is -0.460 e. The van der Waals surface area contributed by atoms with Gasteiger partial charge in [-0.25, -0.2) is 0 Å². The minimum atomic E-state index is -0.509. The predicted octanol–water partition coefficient (Wildman–Crippen LogP) is 3.77. The van der Waals surface area contributed by atoms with Crippen molar-refractivity contribution < 1.29 is 9.52 Å². The van der Waals surface area contributed by atoms with Crippen molar-refractivity contribution >= 4 is 0 Å². The van der Waals surface area contributed by atoms with Crippen molar-refractivity contribution in [3.63, 3.8) is 0 Å². The zero-order chi connectivity index (χ0) is 15.2. The fourth-order valence-corrected chi connectivity index (χ4v) is 2.36. The summed E-state index contributed by atoms with van der Waals surface area (Å²) in [6, 6.07) is 23.6. The van der Waals surface area contributed by atoms with Crippen molar-refractivity contribution in [2.75, 3.05) is 6.54 Å². The number of hydrogen-bond acceptors (Lipinski definition) is 3. The Labute approximate surface area is 130 Å². The molecule has 0 aliphatic rings. The van der Waals surface area contributed by atoms with Gasteiger partial charge in [0.1, 0.15) is 11.5 Å². The summed E-state index contributed by atoms with van der Waals surface area (Å²) in [6.45, 7) is 1.09. The van der Waals surface area contributed by atoms with Crippen LogP contribution < -0.4 is 5.32 Å². The van der Waals surface area contributed by atoms with Crippen LogP contribution in [0.3, 0.4) is 0 Å². The number of nitrogens with one attached hydrogen (secondary N) is 1. The van der Waals surface area contributed by atoms with E-state index >= 15 is 0 Å². The Kier molecular flexibility index (Phi) is 4.68. The molecule has 22 heavy (non-hydrogen) atoms. The van der Waals surface area contributed by atoms with E-state index in [1.165, 1.54) is 0 Å². The van der Waals surface area contributed by atoms with Crippen LogP contribution in [0.2, 0.25) is 0 Å². The molecule has 3 aromatic rings. The van der Waals surface area contributed by atoms with Gasteiger partial charge in [-0.05, 0) is 17.7 Å². The van der Waals surface area contributed by atoms with E-state index in [2.05, 4.69) is 5.32 Å². The molecule has 3 rings (SSSR count). The number of benzene rings is 2. The Morgan fingerprint density at radius 2 is 1.55 bits per heavy atom. The molecule has 0 saturated carbocycles. The summed E-state index contributed by atoms with van der Waals surface area (Å²) in [6.07, 6.45) is -0.509. The predicted molar refractivity (Wildman–Crippen MR) is 87.3 cm³/mol. The Balaban J connectivity index is 1.53. The first-order valence-electron chi connectivity index (χ1n) is 7.41. The molecule has 0 spiro atoms. The number of aliphatic hydroxyl groups is 1. The van der Waals surface area contributed by atoms with Crippen LogP contribution in [0.1, 0.15) is 17.4 Å². The summed E-state index contributed by atoms with van der Waals surface area (Å²) in [5.41, 5.74) is 1.98. The highest BCUT2D eigenvalue weighted by molar-refractivity contribution is 5.57. The summed E-state index contributed by atoms with van der Waals surface area (Å²) in [5.74, 6) is 1.72.